The van der Waals surface area contributed by atoms with Crippen LogP contribution >= 0.6 is 0 Å². The van der Waals surface area contributed by atoms with Crippen molar-refractivity contribution in [1.82, 2.24) is 0 Å². The number of carbonyl (C=O) groups is 1. The normalized spacial score (nSPS) is 10.8. The molecule has 0 bridgehead atoms. The molecule has 0 atom stereocenters. The monoisotopic (exact) mass is 322 g/mol. The lowest BCUT2D eigenvalue weighted by Gasteiger charge is -2.12. The number of ether oxygens (including phenoxy) is 1. The molecule has 0 spiro atoms. The van der Waals surface area contributed by atoms with Gasteiger partial charge in [0, 0.05) is 5.56 Å². The lowest BCUT2D eigenvalue weighted by atomic mass is 9.94. The fraction of sp³-hybridized carbons (Fsp3) is 0.190. The summed E-state index contributed by atoms with van der Waals surface area (Å²) in [4.78, 5) is 11.9. The highest BCUT2D eigenvalue weighted by atomic mass is 19.1. The van der Waals surface area contributed by atoms with E-state index in [1.165, 1.54) is 12.1 Å². The molecule has 2 nitrogen and oxygen atoms in total. The lowest BCUT2D eigenvalue weighted by molar-refractivity contribution is 0.101. The molecule has 0 radical (unpaired) electrons. The van der Waals surface area contributed by atoms with E-state index in [4.69, 9.17) is 4.74 Å². The summed E-state index contributed by atoms with van der Waals surface area (Å²) in [6.07, 6.45) is 1.54. The Morgan fingerprint density at radius 3 is 2.50 bits per heavy atom. The summed E-state index contributed by atoms with van der Waals surface area (Å²) in [7, 11) is 0. The molecule has 0 aliphatic heterocycles. The van der Waals surface area contributed by atoms with Gasteiger partial charge in [0.1, 0.15) is 11.6 Å². The van der Waals surface area contributed by atoms with Crippen molar-refractivity contribution >= 4 is 16.6 Å². The first-order valence-corrected chi connectivity index (χ1v) is 8.05. The molecule has 3 aromatic rings. The lowest BCUT2D eigenvalue weighted by Crippen LogP contribution is -2.04. The summed E-state index contributed by atoms with van der Waals surface area (Å²) in [5, 5.41) is 2.25. The van der Waals surface area contributed by atoms with Gasteiger partial charge in [-0.2, -0.15) is 0 Å². The first-order valence-electron chi connectivity index (χ1n) is 8.05. The smallest absolute Gasteiger partial charge is 0.160 e. The van der Waals surface area contributed by atoms with Crippen LogP contribution in [0.4, 0.5) is 4.39 Å². The zero-order valence-electron chi connectivity index (χ0n) is 13.6. The first kappa shape index (κ1) is 16.2. The Morgan fingerprint density at radius 2 is 1.75 bits per heavy atom. The summed E-state index contributed by atoms with van der Waals surface area (Å²) >= 11 is 0. The molecule has 0 aromatic heterocycles. The van der Waals surface area contributed by atoms with Crippen molar-refractivity contribution in [3.8, 4) is 5.75 Å². The van der Waals surface area contributed by atoms with Gasteiger partial charge in [-0.3, -0.25) is 4.79 Å². The highest BCUT2D eigenvalue weighted by Crippen LogP contribution is 2.24. The van der Waals surface area contributed by atoms with Gasteiger partial charge in [-0.05, 0) is 60.4 Å². The first-order chi connectivity index (χ1) is 11.6. The van der Waals surface area contributed by atoms with Crippen LogP contribution in [0.15, 0.2) is 60.7 Å². The third kappa shape index (κ3) is 3.62. The van der Waals surface area contributed by atoms with Crippen molar-refractivity contribution in [2.45, 2.75) is 19.8 Å². The van der Waals surface area contributed by atoms with E-state index in [0.717, 1.165) is 34.7 Å². The van der Waals surface area contributed by atoms with Crippen LogP contribution < -0.4 is 4.74 Å². The minimum atomic E-state index is -0.274. The standard InChI is InChI=1S/C21H19FO2/c1-15(23)19-13-8-16-5-2-3-6-20(16)21(19)7-4-14-24-18-11-9-17(22)10-12-18/h2-3,5-6,8-13H,4,7,14H2,1H3. The molecule has 0 saturated heterocycles. The molecule has 0 amide bonds. The second-order valence-corrected chi connectivity index (χ2v) is 5.77. The number of aryl methyl sites for hydroxylation is 1. The van der Waals surface area contributed by atoms with Gasteiger partial charge in [0.2, 0.25) is 0 Å². The van der Waals surface area contributed by atoms with Crippen LogP contribution in [0.3, 0.4) is 0 Å². The molecule has 3 heteroatoms. The summed E-state index contributed by atoms with van der Waals surface area (Å²) < 4.78 is 18.5. The third-order valence-electron chi connectivity index (χ3n) is 4.07. The summed E-state index contributed by atoms with van der Waals surface area (Å²) in [5.41, 5.74) is 1.85. The molecule has 122 valence electrons. The summed E-state index contributed by atoms with van der Waals surface area (Å²) in [6, 6.07) is 18.0. The van der Waals surface area contributed by atoms with Gasteiger partial charge in [0.05, 0.1) is 6.61 Å². The SMILES string of the molecule is CC(=O)c1ccc2ccccc2c1CCCOc1ccc(F)cc1. The van der Waals surface area contributed by atoms with Crippen molar-refractivity contribution < 1.29 is 13.9 Å². The van der Waals surface area contributed by atoms with Gasteiger partial charge in [0.25, 0.3) is 0 Å². The Bertz CT molecular complexity index is 853. The maximum Gasteiger partial charge on any atom is 0.160 e. The maximum atomic E-state index is 12.9. The van der Waals surface area contributed by atoms with Crippen LogP contribution in [-0.2, 0) is 6.42 Å². The minimum Gasteiger partial charge on any atom is -0.494 e. The van der Waals surface area contributed by atoms with E-state index in [1.54, 1.807) is 19.1 Å². The van der Waals surface area contributed by atoms with Crippen LogP contribution in [0, 0.1) is 5.82 Å². The highest BCUT2D eigenvalue weighted by Gasteiger charge is 2.11. The molecular weight excluding hydrogens is 303 g/mol. The number of hydrogen-bond donors (Lipinski definition) is 0. The second-order valence-electron chi connectivity index (χ2n) is 5.77. The molecule has 24 heavy (non-hydrogen) atoms. The predicted molar refractivity (Wildman–Crippen MR) is 94.2 cm³/mol. The largest absolute Gasteiger partial charge is 0.494 e. The number of hydrogen-bond acceptors (Lipinski definition) is 2. The Labute approximate surface area is 140 Å². The molecular formula is C21H19FO2. The average molecular weight is 322 g/mol. The minimum absolute atomic E-state index is 0.0789. The summed E-state index contributed by atoms with van der Waals surface area (Å²) in [6.45, 7) is 2.12. The van der Waals surface area contributed by atoms with E-state index >= 15 is 0 Å². The molecule has 0 N–H and O–H groups in total. The molecule has 3 aromatic carbocycles. The van der Waals surface area contributed by atoms with Crippen LogP contribution in [0.25, 0.3) is 10.8 Å². The fourth-order valence-corrected chi connectivity index (χ4v) is 2.90. The number of halogens is 1. The zero-order valence-corrected chi connectivity index (χ0v) is 13.6. The molecule has 0 aliphatic rings. The van der Waals surface area contributed by atoms with Crippen molar-refractivity contribution in [2.75, 3.05) is 6.61 Å². The Hall–Kier alpha value is -2.68. The molecule has 0 aliphatic carbocycles. The number of Topliss-reactive ketones (excluding diaryl/α,β-unsaturated/α-hetero) is 1. The zero-order chi connectivity index (χ0) is 16.9. The van der Waals surface area contributed by atoms with Gasteiger partial charge in [-0.1, -0.05) is 36.4 Å². The highest BCUT2D eigenvalue weighted by molar-refractivity contribution is 6.01. The van der Waals surface area contributed by atoms with E-state index in [2.05, 4.69) is 12.1 Å². The van der Waals surface area contributed by atoms with Crippen molar-refractivity contribution in [1.29, 1.82) is 0 Å². The maximum absolute atomic E-state index is 12.9. The number of fused-ring (bicyclic) bond motifs is 1. The van der Waals surface area contributed by atoms with E-state index in [-0.39, 0.29) is 11.6 Å². The number of rotatable bonds is 6. The van der Waals surface area contributed by atoms with Crippen LogP contribution in [-0.4, -0.2) is 12.4 Å². The van der Waals surface area contributed by atoms with E-state index < -0.39 is 0 Å². The summed E-state index contributed by atoms with van der Waals surface area (Å²) in [5.74, 6) is 0.459. The number of ketones is 1. The van der Waals surface area contributed by atoms with E-state index in [0.29, 0.717) is 12.4 Å². The topological polar surface area (TPSA) is 26.3 Å². The van der Waals surface area contributed by atoms with Gasteiger partial charge < -0.3 is 4.74 Å². The molecule has 0 heterocycles. The van der Waals surface area contributed by atoms with Crippen molar-refractivity contribution in [3.63, 3.8) is 0 Å². The average Bonchev–Trinajstić information content (AvgIpc) is 2.60. The van der Waals surface area contributed by atoms with Crippen LogP contribution in [0.1, 0.15) is 29.3 Å². The van der Waals surface area contributed by atoms with Crippen LogP contribution in [0.2, 0.25) is 0 Å². The van der Waals surface area contributed by atoms with E-state index in [9.17, 15) is 9.18 Å². The molecule has 0 fully saturated rings. The third-order valence-corrected chi connectivity index (χ3v) is 4.07. The number of benzene rings is 3. The quantitative estimate of drug-likeness (QED) is 0.461. The Morgan fingerprint density at radius 1 is 1.00 bits per heavy atom. The number of carbonyl (C=O) groups excluding carboxylic acids is 1. The van der Waals surface area contributed by atoms with Crippen molar-refractivity contribution in [2.24, 2.45) is 0 Å². The molecule has 0 unspecified atom stereocenters. The predicted octanol–water partition coefficient (Wildman–Crippen LogP) is 5.19. The second kappa shape index (κ2) is 7.26. The molecule has 0 saturated carbocycles. The van der Waals surface area contributed by atoms with Gasteiger partial charge >= 0.3 is 0 Å². The van der Waals surface area contributed by atoms with Gasteiger partial charge in [-0.25, -0.2) is 4.39 Å². The van der Waals surface area contributed by atoms with Gasteiger partial charge in [0.15, 0.2) is 5.78 Å². The van der Waals surface area contributed by atoms with Crippen molar-refractivity contribution in [3.05, 3.63) is 77.6 Å². The van der Waals surface area contributed by atoms with E-state index in [1.807, 2.05) is 24.3 Å². The van der Waals surface area contributed by atoms with Gasteiger partial charge in [-0.15, -0.1) is 0 Å². The molecule has 3 rings (SSSR count). The Kier molecular flexibility index (Phi) is 4.90. The fourth-order valence-electron chi connectivity index (χ4n) is 2.90. The Balaban J connectivity index is 1.73. The van der Waals surface area contributed by atoms with Crippen LogP contribution in [0.5, 0.6) is 5.75 Å².